The number of esters is 1. The number of halogens is 4. The van der Waals surface area contributed by atoms with Crippen molar-refractivity contribution in [3.8, 4) is 5.75 Å². The number of carbonyl (C=O) groups is 1. The van der Waals surface area contributed by atoms with Gasteiger partial charge in [0.2, 0.25) is 0 Å². The summed E-state index contributed by atoms with van der Waals surface area (Å²) in [6.45, 7) is 2.80. The predicted molar refractivity (Wildman–Crippen MR) is 66.1 cm³/mol. The number of carbonyl (C=O) groups excluding carboxylic acids is 1. The fourth-order valence-corrected chi connectivity index (χ4v) is 2.21. The molecule has 0 amide bonds. The number of ether oxygens (including phenoxy) is 2. The minimum Gasteiger partial charge on any atom is -0.459 e. The molecular weight excluding hydrogens is 333 g/mol. The first kappa shape index (κ1) is 15.2. The van der Waals surface area contributed by atoms with Crippen molar-refractivity contribution in [1.29, 1.82) is 0 Å². The van der Waals surface area contributed by atoms with Crippen LogP contribution >= 0.6 is 27.5 Å². The Balaban J connectivity index is 3.00. The Hall–Kier alpha value is -0.880. The van der Waals surface area contributed by atoms with Crippen LogP contribution in [0.5, 0.6) is 5.75 Å². The third kappa shape index (κ3) is 3.55. The highest BCUT2D eigenvalue weighted by molar-refractivity contribution is 9.10. The Labute approximate surface area is 116 Å². The lowest BCUT2D eigenvalue weighted by Crippen LogP contribution is -2.37. The maximum absolute atomic E-state index is 13.4. The topological polar surface area (TPSA) is 35.5 Å². The third-order valence-electron chi connectivity index (χ3n) is 1.94. The number of benzene rings is 1. The van der Waals surface area contributed by atoms with Crippen molar-refractivity contribution in [2.24, 2.45) is 0 Å². The van der Waals surface area contributed by atoms with Crippen molar-refractivity contribution < 1.29 is 23.0 Å². The normalized spacial score (nSPS) is 11.2. The zero-order chi connectivity index (χ0) is 13.9. The van der Waals surface area contributed by atoms with Crippen LogP contribution in [0.25, 0.3) is 0 Å². The van der Waals surface area contributed by atoms with Gasteiger partial charge < -0.3 is 9.47 Å². The molecule has 1 aromatic rings. The second-order valence-electron chi connectivity index (χ2n) is 3.37. The molecule has 0 bridgehead atoms. The quantitative estimate of drug-likeness (QED) is 0.777. The molecule has 0 spiro atoms. The summed E-state index contributed by atoms with van der Waals surface area (Å²) >= 11 is 8.94. The lowest BCUT2D eigenvalue weighted by atomic mass is 10.2. The minimum absolute atomic E-state index is 0.0224. The lowest BCUT2D eigenvalue weighted by molar-refractivity contribution is -0.216. The van der Waals surface area contributed by atoms with Crippen molar-refractivity contribution in [1.82, 2.24) is 0 Å². The van der Waals surface area contributed by atoms with Crippen LogP contribution in [-0.2, 0) is 9.53 Å². The van der Waals surface area contributed by atoms with Crippen LogP contribution < -0.4 is 4.74 Å². The fraction of sp³-hybridized carbons (Fsp3) is 0.364. The van der Waals surface area contributed by atoms with Gasteiger partial charge in [0.05, 0.1) is 11.6 Å². The van der Waals surface area contributed by atoms with E-state index in [1.165, 1.54) is 19.9 Å². The van der Waals surface area contributed by atoms with Crippen molar-refractivity contribution in [3.63, 3.8) is 0 Å². The van der Waals surface area contributed by atoms with E-state index in [1.807, 2.05) is 0 Å². The molecule has 0 heterocycles. The molecule has 3 nitrogen and oxygen atoms in total. The van der Waals surface area contributed by atoms with E-state index in [2.05, 4.69) is 25.4 Å². The molecule has 0 saturated carbocycles. The average Bonchev–Trinajstić information content (AvgIpc) is 2.23. The van der Waals surface area contributed by atoms with E-state index in [9.17, 15) is 13.6 Å². The van der Waals surface area contributed by atoms with E-state index in [4.69, 9.17) is 11.6 Å². The second kappa shape index (κ2) is 5.84. The van der Waals surface area contributed by atoms with Crippen LogP contribution in [0, 0.1) is 6.92 Å². The highest BCUT2D eigenvalue weighted by Crippen LogP contribution is 2.35. The van der Waals surface area contributed by atoms with Gasteiger partial charge in [-0.1, -0.05) is 27.5 Å². The van der Waals surface area contributed by atoms with Crippen LogP contribution in [0.4, 0.5) is 8.78 Å². The minimum atomic E-state index is -4.07. The number of alkyl halides is 2. The Kier molecular flexibility index (Phi) is 4.92. The largest absolute Gasteiger partial charge is 0.502 e. The molecule has 0 radical (unpaired) electrons. The molecule has 18 heavy (non-hydrogen) atoms. The monoisotopic (exact) mass is 342 g/mol. The standard InChI is InChI=1S/C11H10BrClF2O3/c1-3-17-10(16)11(14,15)18-9-6(2)4-7(12)5-8(9)13/h4-5H,3H2,1-2H3. The summed E-state index contributed by atoms with van der Waals surface area (Å²) < 4.78 is 36.0. The zero-order valence-electron chi connectivity index (χ0n) is 9.60. The van der Waals surface area contributed by atoms with Gasteiger partial charge in [-0.2, -0.15) is 8.78 Å². The Bertz CT molecular complexity index is 443. The molecule has 0 saturated heterocycles. The summed E-state index contributed by atoms with van der Waals surface area (Å²) in [5.74, 6) is -2.00. The van der Waals surface area contributed by atoms with E-state index in [1.54, 1.807) is 6.07 Å². The average molecular weight is 344 g/mol. The summed E-state index contributed by atoms with van der Waals surface area (Å²) in [7, 11) is 0. The second-order valence-corrected chi connectivity index (χ2v) is 4.70. The molecule has 0 unspecified atom stereocenters. The molecule has 0 aliphatic heterocycles. The molecule has 100 valence electrons. The molecule has 0 aromatic heterocycles. The first-order chi connectivity index (χ1) is 8.27. The predicted octanol–water partition coefficient (Wildman–Crippen LogP) is 3.95. The van der Waals surface area contributed by atoms with Gasteiger partial charge in [0.1, 0.15) is 5.75 Å². The molecular formula is C11H10BrClF2O3. The van der Waals surface area contributed by atoms with Gasteiger partial charge in [-0.15, -0.1) is 0 Å². The smallest absolute Gasteiger partial charge is 0.459 e. The zero-order valence-corrected chi connectivity index (χ0v) is 11.9. The molecule has 7 heteroatoms. The molecule has 1 aromatic carbocycles. The van der Waals surface area contributed by atoms with E-state index >= 15 is 0 Å². The van der Waals surface area contributed by atoms with Crippen LogP contribution in [0.3, 0.4) is 0 Å². The van der Waals surface area contributed by atoms with Crippen LogP contribution in [0.2, 0.25) is 5.02 Å². The molecule has 0 N–H and O–H groups in total. The van der Waals surface area contributed by atoms with Crippen molar-refractivity contribution >= 4 is 33.5 Å². The van der Waals surface area contributed by atoms with Gasteiger partial charge in [-0.25, -0.2) is 4.79 Å². The molecule has 0 aliphatic carbocycles. The van der Waals surface area contributed by atoms with Crippen molar-refractivity contribution in [2.45, 2.75) is 20.0 Å². The molecule has 0 aliphatic rings. The summed E-state index contributed by atoms with van der Waals surface area (Å²) in [5.41, 5.74) is 0.373. The summed E-state index contributed by atoms with van der Waals surface area (Å²) in [5, 5.41) is -0.0224. The fourth-order valence-electron chi connectivity index (χ4n) is 1.20. The van der Waals surface area contributed by atoms with E-state index in [0.717, 1.165) is 0 Å². The number of rotatable bonds is 4. The summed E-state index contributed by atoms with van der Waals surface area (Å²) in [4.78, 5) is 11.0. The molecule has 0 atom stereocenters. The van der Waals surface area contributed by atoms with Gasteiger partial charge in [0.15, 0.2) is 0 Å². The number of hydrogen-bond donors (Lipinski definition) is 0. The van der Waals surface area contributed by atoms with Crippen LogP contribution in [-0.4, -0.2) is 18.7 Å². The summed E-state index contributed by atoms with van der Waals surface area (Å²) in [6.07, 6.45) is -4.07. The van der Waals surface area contributed by atoms with Crippen LogP contribution in [0.15, 0.2) is 16.6 Å². The van der Waals surface area contributed by atoms with E-state index < -0.39 is 12.1 Å². The lowest BCUT2D eigenvalue weighted by Gasteiger charge is -2.18. The maximum Gasteiger partial charge on any atom is 0.502 e. The van der Waals surface area contributed by atoms with Crippen LogP contribution in [0.1, 0.15) is 12.5 Å². The van der Waals surface area contributed by atoms with Gasteiger partial charge in [-0.05, 0) is 31.5 Å². The maximum atomic E-state index is 13.4. The highest BCUT2D eigenvalue weighted by Gasteiger charge is 2.45. The van der Waals surface area contributed by atoms with E-state index in [-0.39, 0.29) is 17.4 Å². The summed E-state index contributed by atoms with van der Waals surface area (Å²) in [6, 6.07) is 2.94. The SMILES string of the molecule is CCOC(=O)C(F)(F)Oc1c(C)cc(Br)cc1Cl. The molecule has 0 fully saturated rings. The first-order valence-corrected chi connectivity index (χ1v) is 6.14. The Morgan fingerprint density at radius 3 is 2.61 bits per heavy atom. The first-order valence-electron chi connectivity index (χ1n) is 4.97. The third-order valence-corrected chi connectivity index (χ3v) is 2.68. The number of aryl methyl sites for hydroxylation is 1. The Morgan fingerprint density at radius 2 is 2.11 bits per heavy atom. The Morgan fingerprint density at radius 1 is 1.50 bits per heavy atom. The van der Waals surface area contributed by atoms with Gasteiger partial charge in [0.25, 0.3) is 0 Å². The van der Waals surface area contributed by atoms with Gasteiger partial charge in [0, 0.05) is 4.47 Å². The molecule has 1 rings (SSSR count). The van der Waals surface area contributed by atoms with Crippen molar-refractivity contribution in [3.05, 3.63) is 27.2 Å². The number of hydrogen-bond acceptors (Lipinski definition) is 3. The van der Waals surface area contributed by atoms with Crippen molar-refractivity contribution in [2.75, 3.05) is 6.61 Å². The van der Waals surface area contributed by atoms with E-state index in [0.29, 0.717) is 10.0 Å². The highest BCUT2D eigenvalue weighted by atomic mass is 79.9. The van der Waals surface area contributed by atoms with Gasteiger partial charge >= 0.3 is 12.1 Å². The van der Waals surface area contributed by atoms with Gasteiger partial charge in [-0.3, -0.25) is 0 Å².